The summed E-state index contributed by atoms with van der Waals surface area (Å²) in [5.41, 5.74) is 2.66. The summed E-state index contributed by atoms with van der Waals surface area (Å²) in [7, 11) is 4.11. The van der Waals surface area contributed by atoms with Gasteiger partial charge in [-0.3, -0.25) is 4.79 Å². The largest absolute Gasteiger partial charge is 0.492 e. The third kappa shape index (κ3) is 3.59. The van der Waals surface area contributed by atoms with E-state index < -0.39 is 0 Å². The number of nitrogens with zero attached hydrogens (tertiary/aromatic N) is 1. The van der Waals surface area contributed by atoms with Gasteiger partial charge in [0.2, 0.25) is 0 Å². The molecule has 0 aromatic heterocycles. The average Bonchev–Trinajstić information content (AvgIpc) is 2.70. The molecule has 0 fully saturated rings. The van der Waals surface area contributed by atoms with E-state index in [4.69, 9.17) is 4.74 Å². The monoisotopic (exact) mass is 327 g/mol. The van der Waals surface area contributed by atoms with Gasteiger partial charge in [-0.25, -0.2) is 0 Å². The van der Waals surface area contributed by atoms with E-state index in [1.807, 2.05) is 42.5 Å². The molecular weight excluding hydrogens is 306 g/mol. The quantitative estimate of drug-likeness (QED) is 0.780. The highest BCUT2D eigenvalue weighted by molar-refractivity contribution is 7.98. The third-order valence-electron chi connectivity index (χ3n) is 3.86. The molecule has 2 aromatic rings. The SMILES string of the molecule is CN(C)CCCOc1cccc2c1SCc1ccccc1C2=O. The van der Waals surface area contributed by atoms with Gasteiger partial charge in [0.25, 0.3) is 0 Å². The van der Waals surface area contributed by atoms with Crippen molar-refractivity contribution in [1.29, 1.82) is 0 Å². The lowest BCUT2D eigenvalue weighted by molar-refractivity contribution is 0.103. The van der Waals surface area contributed by atoms with E-state index in [-0.39, 0.29) is 5.78 Å². The Morgan fingerprint density at radius 1 is 1.09 bits per heavy atom. The molecule has 1 heterocycles. The Kier molecular flexibility index (Phi) is 5.03. The first-order valence-corrected chi connectivity index (χ1v) is 8.81. The maximum Gasteiger partial charge on any atom is 0.194 e. The minimum Gasteiger partial charge on any atom is -0.492 e. The first-order valence-electron chi connectivity index (χ1n) is 7.83. The van der Waals surface area contributed by atoms with Gasteiger partial charge < -0.3 is 9.64 Å². The van der Waals surface area contributed by atoms with Gasteiger partial charge in [-0.15, -0.1) is 11.8 Å². The molecule has 0 unspecified atom stereocenters. The molecule has 0 amide bonds. The number of carbonyl (C=O) groups is 1. The van der Waals surface area contributed by atoms with Gasteiger partial charge in [0.1, 0.15) is 5.75 Å². The van der Waals surface area contributed by atoms with Crippen LogP contribution < -0.4 is 4.74 Å². The average molecular weight is 327 g/mol. The molecule has 0 atom stereocenters. The van der Waals surface area contributed by atoms with Crippen LogP contribution in [0.3, 0.4) is 0 Å². The van der Waals surface area contributed by atoms with Crippen LogP contribution in [0.1, 0.15) is 27.9 Å². The molecule has 23 heavy (non-hydrogen) atoms. The van der Waals surface area contributed by atoms with Gasteiger partial charge in [-0.05, 0) is 38.2 Å². The van der Waals surface area contributed by atoms with Gasteiger partial charge >= 0.3 is 0 Å². The van der Waals surface area contributed by atoms with Gasteiger partial charge in [-0.2, -0.15) is 0 Å². The summed E-state index contributed by atoms with van der Waals surface area (Å²) >= 11 is 1.69. The highest BCUT2D eigenvalue weighted by Gasteiger charge is 2.23. The summed E-state index contributed by atoms with van der Waals surface area (Å²) in [6.07, 6.45) is 0.968. The Morgan fingerprint density at radius 3 is 2.70 bits per heavy atom. The van der Waals surface area contributed by atoms with Crippen molar-refractivity contribution in [3.63, 3.8) is 0 Å². The molecule has 1 aliphatic heterocycles. The van der Waals surface area contributed by atoms with E-state index in [0.717, 1.165) is 46.1 Å². The molecule has 0 bridgehead atoms. The Labute approximate surface area is 141 Å². The lowest BCUT2D eigenvalue weighted by Crippen LogP contribution is -2.15. The molecule has 3 rings (SSSR count). The lowest BCUT2D eigenvalue weighted by atomic mass is 9.99. The number of hydrogen-bond acceptors (Lipinski definition) is 4. The molecule has 0 N–H and O–H groups in total. The van der Waals surface area contributed by atoms with Crippen molar-refractivity contribution < 1.29 is 9.53 Å². The topological polar surface area (TPSA) is 29.5 Å². The Hall–Kier alpha value is -1.78. The van der Waals surface area contributed by atoms with Crippen molar-refractivity contribution in [2.24, 2.45) is 0 Å². The van der Waals surface area contributed by atoms with Crippen molar-refractivity contribution in [2.45, 2.75) is 17.1 Å². The number of rotatable bonds is 5. The zero-order chi connectivity index (χ0) is 16.2. The summed E-state index contributed by atoms with van der Waals surface area (Å²) in [6.45, 7) is 1.66. The fraction of sp³-hybridized carbons (Fsp3) is 0.316. The Balaban J connectivity index is 1.83. The molecule has 4 heteroatoms. The standard InChI is InChI=1S/C19H21NO2S/c1-20(2)11-6-12-22-17-10-5-9-16-18(21)15-8-4-3-7-14(15)13-23-19(16)17/h3-5,7-10H,6,11-13H2,1-2H3. The lowest BCUT2D eigenvalue weighted by Gasteiger charge is -2.14. The summed E-state index contributed by atoms with van der Waals surface area (Å²) in [6, 6.07) is 13.6. The second kappa shape index (κ2) is 7.20. The van der Waals surface area contributed by atoms with Crippen molar-refractivity contribution in [3.05, 3.63) is 59.2 Å². The molecule has 1 aliphatic rings. The highest BCUT2D eigenvalue weighted by Crippen LogP contribution is 2.39. The third-order valence-corrected chi connectivity index (χ3v) is 5.03. The van der Waals surface area contributed by atoms with E-state index >= 15 is 0 Å². The summed E-state index contributed by atoms with van der Waals surface area (Å²) in [5, 5.41) is 0. The molecule has 0 aliphatic carbocycles. The molecule has 0 saturated carbocycles. The predicted octanol–water partition coefficient (Wildman–Crippen LogP) is 3.85. The van der Waals surface area contributed by atoms with Crippen molar-refractivity contribution in [2.75, 3.05) is 27.2 Å². The highest BCUT2D eigenvalue weighted by atomic mass is 32.2. The Morgan fingerprint density at radius 2 is 1.87 bits per heavy atom. The number of ether oxygens (including phenoxy) is 1. The predicted molar refractivity (Wildman–Crippen MR) is 94.5 cm³/mol. The van der Waals surface area contributed by atoms with E-state index in [2.05, 4.69) is 19.0 Å². The first kappa shape index (κ1) is 16.1. The molecule has 0 radical (unpaired) electrons. The maximum atomic E-state index is 12.8. The van der Waals surface area contributed by atoms with Crippen LogP contribution >= 0.6 is 11.8 Å². The minimum absolute atomic E-state index is 0.0966. The number of fused-ring (bicyclic) bond motifs is 2. The Bertz CT molecular complexity index is 712. The van der Waals surface area contributed by atoms with Crippen LogP contribution in [-0.4, -0.2) is 37.9 Å². The van der Waals surface area contributed by atoms with Crippen LogP contribution in [0.25, 0.3) is 0 Å². The van der Waals surface area contributed by atoms with Crippen molar-refractivity contribution >= 4 is 17.5 Å². The molecule has 0 spiro atoms. The van der Waals surface area contributed by atoms with Crippen molar-refractivity contribution in [3.8, 4) is 5.75 Å². The van der Waals surface area contributed by atoms with E-state index in [9.17, 15) is 4.79 Å². The number of hydrogen-bond donors (Lipinski definition) is 0. The molecular formula is C19H21NO2S. The number of ketones is 1. The van der Waals surface area contributed by atoms with E-state index in [1.165, 1.54) is 0 Å². The smallest absolute Gasteiger partial charge is 0.194 e. The van der Waals surface area contributed by atoms with Crippen LogP contribution in [0, 0.1) is 0 Å². The molecule has 2 aromatic carbocycles. The van der Waals surface area contributed by atoms with E-state index in [1.54, 1.807) is 11.8 Å². The first-order chi connectivity index (χ1) is 11.2. The fourth-order valence-electron chi connectivity index (χ4n) is 2.68. The van der Waals surface area contributed by atoms with Gasteiger partial charge in [-0.1, -0.05) is 30.3 Å². The zero-order valence-electron chi connectivity index (χ0n) is 13.5. The number of benzene rings is 2. The zero-order valence-corrected chi connectivity index (χ0v) is 14.4. The molecule has 3 nitrogen and oxygen atoms in total. The summed E-state index contributed by atoms with van der Waals surface area (Å²) in [5.74, 6) is 1.72. The van der Waals surface area contributed by atoms with Crippen LogP contribution in [0.5, 0.6) is 5.75 Å². The van der Waals surface area contributed by atoms with Crippen molar-refractivity contribution in [1.82, 2.24) is 4.90 Å². The van der Waals surface area contributed by atoms with Crippen LogP contribution in [0.15, 0.2) is 47.4 Å². The summed E-state index contributed by atoms with van der Waals surface area (Å²) < 4.78 is 5.96. The van der Waals surface area contributed by atoms with Gasteiger partial charge in [0.05, 0.1) is 11.5 Å². The minimum atomic E-state index is 0.0966. The normalized spacial score (nSPS) is 13.4. The number of carbonyl (C=O) groups excluding carboxylic acids is 1. The van der Waals surface area contributed by atoms with Crippen LogP contribution in [0.2, 0.25) is 0 Å². The maximum absolute atomic E-state index is 12.8. The van der Waals surface area contributed by atoms with E-state index in [0.29, 0.717) is 6.61 Å². The molecule has 0 saturated heterocycles. The number of thioether (sulfide) groups is 1. The fourth-order valence-corrected chi connectivity index (χ4v) is 3.82. The summed E-state index contributed by atoms with van der Waals surface area (Å²) in [4.78, 5) is 15.9. The van der Waals surface area contributed by atoms with Crippen LogP contribution in [0.4, 0.5) is 0 Å². The van der Waals surface area contributed by atoms with Crippen LogP contribution in [-0.2, 0) is 5.75 Å². The van der Waals surface area contributed by atoms with Gasteiger partial charge in [0.15, 0.2) is 5.78 Å². The second-order valence-corrected chi connectivity index (χ2v) is 6.90. The second-order valence-electron chi connectivity index (χ2n) is 5.91. The van der Waals surface area contributed by atoms with Gasteiger partial charge in [0, 0.05) is 23.4 Å². The molecule has 120 valence electrons.